The summed E-state index contributed by atoms with van der Waals surface area (Å²) in [5.74, 6) is -0.185. The predicted molar refractivity (Wildman–Crippen MR) is 83.1 cm³/mol. The number of rotatable bonds is 8. The average molecular weight is 288 g/mol. The van der Waals surface area contributed by atoms with E-state index in [0.717, 1.165) is 37.1 Å². The van der Waals surface area contributed by atoms with Gasteiger partial charge in [-0.15, -0.1) is 0 Å². The third kappa shape index (κ3) is 3.38. The van der Waals surface area contributed by atoms with Crippen LogP contribution >= 0.6 is 0 Å². The third-order valence-electron chi connectivity index (χ3n) is 4.11. The van der Waals surface area contributed by atoms with Crippen molar-refractivity contribution >= 4 is 5.97 Å². The summed E-state index contributed by atoms with van der Waals surface area (Å²) < 4.78 is 4.94. The first-order valence-electron chi connectivity index (χ1n) is 7.57. The molecule has 2 heterocycles. The van der Waals surface area contributed by atoms with Gasteiger partial charge in [-0.2, -0.15) is 0 Å². The molecule has 0 aliphatic heterocycles. The van der Waals surface area contributed by atoms with E-state index in [4.69, 9.17) is 4.74 Å². The molecule has 0 aliphatic carbocycles. The van der Waals surface area contributed by atoms with E-state index >= 15 is 0 Å². The van der Waals surface area contributed by atoms with E-state index in [1.807, 2.05) is 24.5 Å². The van der Waals surface area contributed by atoms with Gasteiger partial charge in [-0.1, -0.05) is 26.2 Å². The number of carbonyl (C=O) groups is 1. The van der Waals surface area contributed by atoms with Crippen molar-refractivity contribution in [3.05, 3.63) is 48.0 Å². The fraction of sp³-hybridized carbons (Fsp3) is 0.471. The number of unbranched alkanes of at least 4 members (excludes halogenated alkanes) is 2. The SMILES string of the molecule is CCCCCC(CC(=O)OC)(c1ccc[nH]1)c1ccc[nH]1. The molecule has 2 aromatic heterocycles. The molecular weight excluding hydrogens is 264 g/mol. The van der Waals surface area contributed by atoms with Gasteiger partial charge in [0, 0.05) is 23.8 Å². The van der Waals surface area contributed by atoms with Crippen LogP contribution in [-0.2, 0) is 14.9 Å². The Kier molecular flexibility index (Phi) is 5.26. The number of nitrogens with one attached hydrogen (secondary N) is 2. The highest BCUT2D eigenvalue weighted by Crippen LogP contribution is 2.39. The van der Waals surface area contributed by atoms with Crippen molar-refractivity contribution in [1.82, 2.24) is 9.97 Å². The number of carbonyl (C=O) groups excluding carboxylic acids is 1. The maximum atomic E-state index is 12.0. The van der Waals surface area contributed by atoms with Crippen LogP contribution < -0.4 is 0 Å². The van der Waals surface area contributed by atoms with Gasteiger partial charge in [-0.25, -0.2) is 0 Å². The summed E-state index contributed by atoms with van der Waals surface area (Å²) >= 11 is 0. The van der Waals surface area contributed by atoms with Gasteiger partial charge in [0.15, 0.2) is 0 Å². The van der Waals surface area contributed by atoms with Crippen molar-refractivity contribution < 1.29 is 9.53 Å². The molecule has 0 fully saturated rings. The number of methoxy groups -OCH3 is 1. The number of aromatic amines is 2. The predicted octanol–water partition coefficient (Wildman–Crippen LogP) is 3.77. The molecule has 21 heavy (non-hydrogen) atoms. The Balaban J connectivity index is 2.39. The maximum Gasteiger partial charge on any atom is 0.306 e. The molecule has 4 heteroatoms. The second-order valence-electron chi connectivity index (χ2n) is 5.46. The van der Waals surface area contributed by atoms with Gasteiger partial charge in [0.25, 0.3) is 0 Å². The zero-order chi connectivity index (χ0) is 15.1. The Hall–Kier alpha value is -1.97. The van der Waals surface area contributed by atoms with E-state index in [0.29, 0.717) is 6.42 Å². The van der Waals surface area contributed by atoms with Crippen LogP contribution in [0.2, 0.25) is 0 Å². The van der Waals surface area contributed by atoms with Crippen molar-refractivity contribution in [3.8, 4) is 0 Å². The van der Waals surface area contributed by atoms with Crippen LogP contribution in [0, 0.1) is 0 Å². The highest BCUT2D eigenvalue weighted by atomic mass is 16.5. The van der Waals surface area contributed by atoms with Gasteiger partial charge >= 0.3 is 5.97 Å². The van der Waals surface area contributed by atoms with Gasteiger partial charge in [-0.05, 0) is 30.7 Å². The molecule has 2 aromatic rings. The minimum atomic E-state index is -0.366. The maximum absolute atomic E-state index is 12.0. The Labute approximate surface area is 125 Å². The van der Waals surface area contributed by atoms with Crippen molar-refractivity contribution in [2.45, 2.75) is 44.4 Å². The molecule has 0 radical (unpaired) electrons. The Morgan fingerprint density at radius 3 is 2.19 bits per heavy atom. The lowest BCUT2D eigenvalue weighted by molar-refractivity contribution is -0.141. The summed E-state index contributed by atoms with van der Waals surface area (Å²) in [5.41, 5.74) is 1.76. The molecule has 0 atom stereocenters. The summed E-state index contributed by atoms with van der Waals surface area (Å²) in [7, 11) is 1.45. The average Bonchev–Trinajstić information content (AvgIpc) is 3.19. The minimum absolute atomic E-state index is 0.185. The number of hydrogen-bond acceptors (Lipinski definition) is 2. The van der Waals surface area contributed by atoms with Crippen molar-refractivity contribution in [2.24, 2.45) is 0 Å². The van der Waals surface area contributed by atoms with E-state index in [-0.39, 0.29) is 11.4 Å². The van der Waals surface area contributed by atoms with Crippen LogP contribution in [0.25, 0.3) is 0 Å². The second-order valence-corrected chi connectivity index (χ2v) is 5.46. The van der Waals surface area contributed by atoms with Crippen LogP contribution in [0.4, 0.5) is 0 Å². The summed E-state index contributed by atoms with van der Waals surface area (Å²) in [4.78, 5) is 18.6. The van der Waals surface area contributed by atoms with Crippen LogP contribution in [0.5, 0.6) is 0 Å². The van der Waals surface area contributed by atoms with Gasteiger partial charge in [-0.3, -0.25) is 4.79 Å². The summed E-state index contributed by atoms with van der Waals surface area (Å²) in [6, 6.07) is 8.06. The van der Waals surface area contributed by atoms with Crippen LogP contribution in [-0.4, -0.2) is 23.0 Å². The van der Waals surface area contributed by atoms with Crippen molar-refractivity contribution in [2.75, 3.05) is 7.11 Å². The lowest BCUT2D eigenvalue weighted by atomic mass is 9.74. The largest absolute Gasteiger partial charge is 0.469 e. The lowest BCUT2D eigenvalue weighted by Crippen LogP contribution is -2.32. The molecule has 2 rings (SSSR count). The molecule has 0 saturated carbocycles. The Bertz CT molecular complexity index is 495. The lowest BCUT2D eigenvalue weighted by Gasteiger charge is -2.31. The first-order valence-corrected chi connectivity index (χ1v) is 7.57. The Morgan fingerprint density at radius 2 is 1.76 bits per heavy atom. The third-order valence-corrected chi connectivity index (χ3v) is 4.11. The molecule has 0 spiro atoms. The molecule has 0 aliphatic rings. The number of aromatic nitrogens is 2. The van der Waals surface area contributed by atoms with E-state index in [1.54, 1.807) is 0 Å². The molecule has 0 bridgehead atoms. The van der Waals surface area contributed by atoms with Gasteiger partial charge in [0.1, 0.15) is 0 Å². The molecular formula is C17H24N2O2. The smallest absolute Gasteiger partial charge is 0.306 e. The monoisotopic (exact) mass is 288 g/mol. The quantitative estimate of drug-likeness (QED) is 0.574. The van der Waals surface area contributed by atoms with Gasteiger partial charge in [0.05, 0.1) is 18.9 Å². The first kappa shape index (κ1) is 15.4. The zero-order valence-electron chi connectivity index (χ0n) is 12.8. The Morgan fingerprint density at radius 1 is 1.14 bits per heavy atom. The number of esters is 1. The normalized spacial score (nSPS) is 11.5. The van der Waals surface area contributed by atoms with Gasteiger partial charge < -0.3 is 14.7 Å². The zero-order valence-corrected chi connectivity index (χ0v) is 12.8. The molecule has 0 amide bonds. The topological polar surface area (TPSA) is 57.9 Å². The highest BCUT2D eigenvalue weighted by molar-refractivity contribution is 5.72. The molecule has 0 unspecified atom stereocenters. The highest BCUT2D eigenvalue weighted by Gasteiger charge is 2.38. The van der Waals surface area contributed by atoms with Crippen LogP contribution in [0.1, 0.15) is 50.4 Å². The molecule has 0 aromatic carbocycles. The minimum Gasteiger partial charge on any atom is -0.469 e. The summed E-state index contributed by atoms with van der Waals surface area (Å²) in [6.45, 7) is 2.19. The summed E-state index contributed by atoms with van der Waals surface area (Å²) in [6.07, 6.45) is 8.46. The number of H-pyrrole nitrogens is 2. The molecule has 4 nitrogen and oxygen atoms in total. The second kappa shape index (κ2) is 7.16. The number of hydrogen-bond donors (Lipinski definition) is 2. The van der Waals surface area contributed by atoms with Crippen LogP contribution in [0.3, 0.4) is 0 Å². The molecule has 114 valence electrons. The van der Waals surface area contributed by atoms with Gasteiger partial charge in [0.2, 0.25) is 0 Å². The number of ether oxygens (including phenoxy) is 1. The van der Waals surface area contributed by atoms with Crippen LogP contribution in [0.15, 0.2) is 36.7 Å². The fourth-order valence-electron chi connectivity index (χ4n) is 2.94. The first-order chi connectivity index (χ1) is 10.2. The van der Waals surface area contributed by atoms with Crippen molar-refractivity contribution in [1.29, 1.82) is 0 Å². The molecule has 0 saturated heterocycles. The standard InChI is InChI=1S/C17H24N2O2/c1-3-4-5-10-17(13-16(20)21-2,14-8-6-11-18-14)15-9-7-12-19-15/h6-9,11-12,18-19H,3-5,10,13H2,1-2H3. The van der Waals surface area contributed by atoms with E-state index in [2.05, 4.69) is 29.0 Å². The van der Waals surface area contributed by atoms with E-state index < -0.39 is 0 Å². The van der Waals surface area contributed by atoms with Crippen molar-refractivity contribution in [3.63, 3.8) is 0 Å². The van der Waals surface area contributed by atoms with E-state index in [1.165, 1.54) is 7.11 Å². The molecule has 2 N–H and O–H groups in total. The van der Waals surface area contributed by atoms with E-state index in [9.17, 15) is 4.79 Å². The fourth-order valence-corrected chi connectivity index (χ4v) is 2.94. The summed E-state index contributed by atoms with van der Waals surface area (Å²) in [5, 5.41) is 0.